The van der Waals surface area contributed by atoms with Gasteiger partial charge in [0.05, 0.1) is 28.3 Å². The zero-order valence-corrected chi connectivity index (χ0v) is 21.8. The van der Waals surface area contributed by atoms with E-state index in [1.165, 1.54) is 6.20 Å². The van der Waals surface area contributed by atoms with E-state index in [1.54, 1.807) is 42.7 Å². The molecule has 37 heavy (non-hydrogen) atoms. The lowest BCUT2D eigenvalue weighted by atomic mass is 10.1. The molecule has 0 radical (unpaired) electrons. The molecule has 2 aromatic heterocycles. The molecule has 0 unspecified atom stereocenters. The number of esters is 1. The van der Waals surface area contributed by atoms with Crippen LogP contribution in [0.15, 0.2) is 54.7 Å². The molecule has 194 valence electrons. The first-order valence-corrected chi connectivity index (χ1v) is 12.1. The van der Waals surface area contributed by atoms with Crippen LogP contribution >= 0.6 is 23.2 Å². The summed E-state index contributed by atoms with van der Waals surface area (Å²) in [6.07, 6.45) is -3.11. The van der Waals surface area contributed by atoms with Gasteiger partial charge in [-0.2, -0.15) is 21.6 Å². The Balaban J connectivity index is 0.00000121. The van der Waals surface area contributed by atoms with Gasteiger partial charge in [0, 0.05) is 34.9 Å². The number of benzene rings is 2. The third-order valence-corrected chi connectivity index (χ3v) is 6.21. The second kappa shape index (κ2) is 11.9. The Morgan fingerprint density at radius 1 is 1.11 bits per heavy atom. The molecule has 2 heterocycles. The van der Waals surface area contributed by atoms with Crippen molar-refractivity contribution in [2.45, 2.75) is 26.4 Å². The molecule has 0 amide bonds. The van der Waals surface area contributed by atoms with Crippen molar-refractivity contribution in [3.8, 4) is 5.69 Å². The van der Waals surface area contributed by atoms with Crippen LogP contribution in [-0.4, -0.2) is 30.5 Å². The van der Waals surface area contributed by atoms with Crippen LogP contribution in [0, 0.1) is 6.92 Å². The number of carbonyl (C=O) groups is 1. The van der Waals surface area contributed by atoms with Gasteiger partial charge in [-0.1, -0.05) is 41.4 Å². The maximum atomic E-state index is 13.6. The van der Waals surface area contributed by atoms with E-state index in [4.69, 9.17) is 36.4 Å². The van der Waals surface area contributed by atoms with Gasteiger partial charge in [0.25, 0.3) is 0 Å². The van der Waals surface area contributed by atoms with Crippen molar-refractivity contribution in [2.75, 3.05) is 6.61 Å². The average Bonchev–Trinajstić information content (AvgIpc) is 3.21. The third kappa shape index (κ3) is 6.20. The molecule has 0 saturated carbocycles. The lowest BCUT2D eigenvalue weighted by Crippen LogP contribution is -2.09. The molecule has 0 spiro atoms. The highest BCUT2D eigenvalue weighted by atomic mass is 35.5. The molecule has 4 aromatic rings. The van der Waals surface area contributed by atoms with Crippen LogP contribution in [0.5, 0.6) is 0 Å². The Hall–Kier alpha value is -3.21. The molecule has 2 aromatic carbocycles. The summed E-state index contributed by atoms with van der Waals surface area (Å²) >= 11 is 12.1. The minimum Gasteiger partial charge on any atom is -0.462 e. The smallest absolute Gasteiger partial charge is 0.416 e. The van der Waals surface area contributed by atoms with E-state index in [0.717, 1.165) is 12.1 Å². The summed E-state index contributed by atoms with van der Waals surface area (Å²) in [4.78, 5) is 16.4. The number of hydrogen-bond acceptors (Lipinski definition) is 5. The Labute approximate surface area is 223 Å². The quantitative estimate of drug-likeness (QED) is 0.196. The number of aromatic nitrogens is 2. The Morgan fingerprint density at radius 2 is 1.76 bits per heavy atom. The summed E-state index contributed by atoms with van der Waals surface area (Å²) in [5, 5.41) is 0.847. The molecule has 0 fully saturated rings. The summed E-state index contributed by atoms with van der Waals surface area (Å²) < 4.78 is 64.1. The maximum Gasteiger partial charge on any atom is 0.416 e. The average molecular weight is 571 g/mol. The summed E-state index contributed by atoms with van der Waals surface area (Å²) in [6, 6.07) is 13.1. The van der Waals surface area contributed by atoms with E-state index >= 15 is 0 Å². The van der Waals surface area contributed by atoms with E-state index < -0.39 is 29.3 Å². The highest BCUT2D eigenvalue weighted by molar-refractivity contribution is 7.51. The van der Waals surface area contributed by atoms with Gasteiger partial charge >= 0.3 is 23.7 Å². The molecule has 0 saturated heterocycles. The number of carbonyl (C=O) groups excluding carboxylic acids is 1. The largest absolute Gasteiger partial charge is 0.462 e. The Bertz CT molecular complexity index is 1490. The van der Waals surface area contributed by atoms with Crippen molar-refractivity contribution >= 4 is 51.6 Å². The van der Waals surface area contributed by atoms with Crippen molar-refractivity contribution < 1.29 is 31.1 Å². The summed E-state index contributed by atoms with van der Waals surface area (Å²) in [5.74, 6) is -0.632. The van der Waals surface area contributed by atoms with Crippen LogP contribution in [0.1, 0.15) is 39.7 Å². The van der Waals surface area contributed by atoms with Crippen LogP contribution in [-0.2, 0) is 28.9 Å². The second-order valence-corrected chi connectivity index (χ2v) is 8.62. The van der Waals surface area contributed by atoms with E-state index in [2.05, 4.69) is 4.98 Å². The topological polar surface area (TPSA) is 78.3 Å². The van der Waals surface area contributed by atoms with Crippen LogP contribution in [0.25, 0.3) is 16.6 Å². The zero-order chi connectivity index (χ0) is 27.3. The lowest BCUT2D eigenvalue weighted by molar-refractivity contribution is -0.137. The van der Waals surface area contributed by atoms with Crippen molar-refractivity contribution in [1.29, 1.82) is 0 Å². The molecule has 0 aliphatic heterocycles. The standard InChI is InChI=1S/C25H19Cl2F3N2O2.O2S/c1-3-34-24(33)20-13-31-23(27)19(22(20)26)12-17-11-18-14(2)9-15(25(28,29)30)10-21(18)32(17)16-7-5-4-6-8-16;1-3-2/h4-11,13H,3,12H2,1-2H3;. The SMILES string of the molecule is CCOC(=O)c1cnc(Cl)c(Cc2cc3c(C)cc(C(F)(F)F)cc3n2-c2ccccc2)c1Cl.O=S=O. The number of fused-ring (bicyclic) bond motifs is 1. The molecule has 4 rings (SSSR count). The number of aryl methyl sites for hydroxylation is 1. The van der Waals surface area contributed by atoms with E-state index in [0.29, 0.717) is 33.4 Å². The van der Waals surface area contributed by atoms with Crippen LogP contribution in [0.2, 0.25) is 10.2 Å². The van der Waals surface area contributed by atoms with Crippen molar-refractivity contribution in [1.82, 2.24) is 9.55 Å². The second-order valence-electron chi connectivity index (χ2n) is 7.75. The molecular formula is C25H19Cl2F3N2O4S. The molecular weight excluding hydrogens is 552 g/mol. The Kier molecular flexibility index (Phi) is 9.12. The summed E-state index contributed by atoms with van der Waals surface area (Å²) in [5.41, 5.74) is 1.90. The first-order valence-electron chi connectivity index (χ1n) is 10.7. The van der Waals surface area contributed by atoms with Crippen LogP contribution < -0.4 is 0 Å². The van der Waals surface area contributed by atoms with Gasteiger partial charge in [-0.05, 0) is 49.7 Å². The molecule has 0 bridgehead atoms. The minimum absolute atomic E-state index is 0.0702. The first-order chi connectivity index (χ1) is 17.5. The highest BCUT2D eigenvalue weighted by Crippen LogP contribution is 2.37. The fourth-order valence-corrected chi connectivity index (χ4v) is 4.45. The normalized spacial score (nSPS) is 11.1. The first kappa shape index (κ1) is 28.4. The number of hydrogen-bond donors (Lipinski definition) is 0. The van der Waals surface area contributed by atoms with Gasteiger partial charge in [0.1, 0.15) is 5.15 Å². The molecule has 0 aliphatic carbocycles. The predicted molar refractivity (Wildman–Crippen MR) is 135 cm³/mol. The number of nitrogens with zero attached hydrogens (tertiary/aromatic N) is 2. The number of pyridine rings is 1. The number of halogens is 5. The molecule has 0 N–H and O–H groups in total. The number of ether oxygens (including phenoxy) is 1. The van der Waals surface area contributed by atoms with Gasteiger partial charge < -0.3 is 9.30 Å². The van der Waals surface area contributed by atoms with Crippen LogP contribution in [0.4, 0.5) is 13.2 Å². The zero-order valence-electron chi connectivity index (χ0n) is 19.4. The minimum atomic E-state index is -4.49. The molecule has 0 aliphatic rings. The van der Waals surface area contributed by atoms with Crippen molar-refractivity contribution in [3.63, 3.8) is 0 Å². The van der Waals surface area contributed by atoms with E-state index in [9.17, 15) is 18.0 Å². The number of para-hydroxylation sites is 1. The monoisotopic (exact) mass is 570 g/mol. The lowest BCUT2D eigenvalue weighted by Gasteiger charge is -2.15. The molecule has 0 atom stereocenters. The van der Waals surface area contributed by atoms with Gasteiger partial charge in [-0.15, -0.1) is 0 Å². The summed E-state index contributed by atoms with van der Waals surface area (Å²) in [7, 11) is 0. The maximum absolute atomic E-state index is 13.6. The van der Waals surface area contributed by atoms with Gasteiger partial charge in [-0.25, -0.2) is 9.78 Å². The van der Waals surface area contributed by atoms with Gasteiger partial charge in [-0.3, -0.25) is 0 Å². The van der Waals surface area contributed by atoms with Crippen molar-refractivity contribution in [3.05, 3.63) is 92.9 Å². The predicted octanol–water partition coefficient (Wildman–Crippen LogP) is 6.76. The molecule has 12 heteroatoms. The van der Waals surface area contributed by atoms with E-state index in [-0.39, 0.29) is 28.8 Å². The number of alkyl halides is 3. The third-order valence-electron chi connectivity index (χ3n) is 5.46. The van der Waals surface area contributed by atoms with Crippen molar-refractivity contribution in [2.24, 2.45) is 0 Å². The fourth-order valence-electron chi connectivity index (χ4n) is 3.91. The van der Waals surface area contributed by atoms with E-state index in [1.807, 2.05) is 12.1 Å². The van der Waals surface area contributed by atoms with Crippen LogP contribution in [0.3, 0.4) is 0 Å². The number of rotatable bonds is 5. The highest BCUT2D eigenvalue weighted by Gasteiger charge is 2.32. The fraction of sp³-hybridized carbons (Fsp3) is 0.200. The van der Waals surface area contributed by atoms with Gasteiger partial charge in [0.2, 0.25) is 0 Å². The van der Waals surface area contributed by atoms with Gasteiger partial charge in [0.15, 0.2) is 0 Å². The Morgan fingerprint density at radius 3 is 2.35 bits per heavy atom. The molecule has 6 nitrogen and oxygen atoms in total. The summed E-state index contributed by atoms with van der Waals surface area (Å²) in [6.45, 7) is 3.47.